The van der Waals surface area contributed by atoms with Crippen LogP contribution in [0.1, 0.15) is 32.4 Å². The maximum Gasteiger partial charge on any atom is 0.276 e. The van der Waals surface area contributed by atoms with Crippen molar-refractivity contribution >= 4 is 73.5 Å². The molecular weight excluding hydrogens is 628 g/mol. The summed E-state index contributed by atoms with van der Waals surface area (Å²) in [7, 11) is 0. The van der Waals surface area contributed by atoms with Gasteiger partial charge in [-0.3, -0.25) is 15.0 Å². The van der Waals surface area contributed by atoms with Crippen LogP contribution in [0.25, 0.3) is 10.8 Å². The number of benzene rings is 4. The van der Waals surface area contributed by atoms with Gasteiger partial charge in [-0.1, -0.05) is 48.5 Å². The minimum absolute atomic E-state index is 0.255. The zero-order valence-electron chi connectivity index (χ0n) is 16.7. The first-order valence-electron chi connectivity index (χ1n) is 9.95. The van der Waals surface area contributed by atoms with E-state index in [-0.39, 0.29) is 11.8 Å². The van der Waals surface area contributed by atoms with E-state index < -0.39 is 6.17 Å². The fourth-order valence-corrected chi connectivity index (χ4v) is 4.94. The van der Waals surface area contributed by atoms with Gasteiger partial charge in [0, 0.05) is 12.8 Å². The summed E-state index contributed by atoms with van der Waals surface area (Å²) in [5.41, 5.74) is 5.53. The molecule has 4 aromatic carbocycles. The van der Waals surface area contributed by atoms with Crippen LogP contribution in [0.4, 0.5) is 5.69 Å². The Morgan fingerprint density at radius 1 is 0.875 bits per heavy atom. The maximum atomic E-state index is 13.5. The first-order chi connectivity index (χ1) is 15.5. The van der Waals surface area contributed by atoms with Gasteiger partial charge >= 0.3 is 0 Å². The summed E-state index contributed by atoms with van der Waals surface area (Å²) in [6.07, 6.45) is -0.551. The van der Waals surface area contributed by atoms with E-state index in [1.807, 2.05) is 78.9 Å². The van der Waals surface area contributed by atoms with E-state index in [0.717, 1.165) is 29.2 Å². The third-order valence-corrected chi connectivity index (χ3v) is 7.02. The molecule has 158 valence electrons. The topological polar surface area (TPSA) is 61.4 Å². The van der Waals surface area contributed by atoms with Crippen LogP contribution < -0.4 is 10.7 Å². The zero-order chi connectivity index (χ0) is 22.2. The number of nitrogens with one attached hydrogen (secondary N) is 2. The minimum Gasteiger partial charge on any atom is -0.359 e. The second kappa shape index (κ2) is 8.70. The zero-order valence-corrected chi connectivity index (χ0v) is 21.0. The van der Waals surface area contributed by atoms with Crippen molar-refractivity contribution < 1.29 is 9.59 Å². The van der Waals surface area contributed by atoms with Gasteiger partial charge in [0.1, 0.15) is 6.17 Å². The lowest BCUT2D eigenvalue weighted by atomic mass is 10.0. The Morgan fingerprint density at radius 3 is 2.44 bits per heavy atom. The molecular formula is C25H17I2N3O2. The first kappa shape index (κ1) is 21.2. The van der Waals surface area contributed by atoms with E-state index in [1.54, 1.807) is 6.07 Å². The summed E-state index contributed by atoms with van der Waals surface area (Å²) in [4.78, 5) is 26.6. The summed E-state index contributed by atoms with van der Waals surface area (Å²) in [6, 6.07) is 27.1. The van der Waals surface area contributed by atoms with E-state index in [9.17, 15) is 9.59 Å². The van der Waals surface area contributed by atoms with Gasteiger partial charge in [-0.15, -0.1) is 0 Å². The van der Waals surface area contributed by atoms with E-state index in [2.05, 4.69) is 55.9 Å². The Labute approximate surface area is 212 Å². The molecule has 0 saturated carbocycles. The van der Waals surface area contributed by atoms with Crippen molar-refractivity contribution in [2.75, 3.05) is 5.32 Å². The van der Waals surface area contributed by atoms with Crippen LogP contribution in [0.15, 0.2) is 84.9 Å². The predicted octanol–water partition coefficient (Wildman–Crippen LogP) is 5.96. The molecule has 1 heterocycles. The average molecular weight is 645 g/mol. The lowest BCUT2D eigenvalue weighted by Gasteiger charge is -2.38. The molecule has 2 N–H and O–H groups in total. The summed E-state index contributed by atoms with van der Waals surface area (Å²) < 4.78 is 1.77. The highest BCUT2D eigenvalue weighted by molar-refractivity contribution is 14.1. The van der Waals surface area contributed by atoms with Crippen molar-refractivity contribution in [1.82, 2.24) is 10.4 Å². The highest BCUT2D eigenvalue weighted by Gasteiger charge is 2.35. The van der Waals surface area contributed by atoms with Crippen LogP contribution >= 0.6 is 45.2 Å². The average Bonchev–Trinajstić information content (AvgIpc) is 2.81. The van der Waals surface area contributed by atoms with Gasteiger partial charge in [0.2, 0.25) is 0 Å². The number of carbonyl (C=O) groups is 2. The Bertz CT molecular complexity index is 1370. The molecule has 1 aliphatic rings. The Balaban J connectivity index is 1.58. The molecule has 0 aliphatic carbocycles. The number of halogens is 2. The number of amides is 2. The molecule has 0 unspecified atom stereocenters. The van der Waals surface area contributed by atoms with Crippen LogP contribution in [-0.2, 0) is 0 Å². The number of hydrogen-bond donors (Lipinski definition) is 2. The van der Waals surface area contributed by atoms with Crippen molar-refractivity contribution in [3.05, 3.63) is 109 Å². The third-order valence-electron chi connectivity index (χ3n) is 5.41. The van der Waals surface area contributed by atoms with Crippen molar-refractivity contribution in [3.63, 3.8) is 0 Å². The van der Waals surface area contributed by atoms with E-state index >= 15 is 0 Å². The summed E-state index contributed by atoms with van der Waals surface area (Å²) in [6.45, 7) is 0. The molecule has 0 aromatic heterocycles. The van der Waals surface area contributed by atoms with Crippen molar-refractivity contribution in [2.45, 2.75) is 6.17 Å². The number of carbonyl (C=O) groups excluding carboxylic acids is 2. The fraction of sp³-hybridized carbons (Fsp3) is 0.0400. The number of anilines is 1. The van der Waals surface area contributed by atoms with Crippen LogP contribution in [0.2, 0.25) is 0 Å². The molecule has 2 amide bonds. The quantitative estimate of drug-likeness (QED) is 0.271. The number of hydrazine groups is 1. The van der Waals surface area contributed by atoms with Gasteiger partial charge in [-0.2, -0.15) is 0 Å². The summed E-state index contributed by atoms with van der Waals surface area (Å²) in [5, 5.41) is 7.02. The fourth-order valence-electron chi connectivity index (χ4n) is 3.82. The summed E-state index contributed by atoms with van der Waals surface area (Å²) in [5.74, 6) is -0.584. The lowest BCUT2D eigenvalue weighted by Crippen LogP contribution is -2.53. The van der Waals surface area contributed by atoms with Gasteiger partial charge in [-0.25, -0.2) is 5.01 Å². The number of rotatable bonds is 3. The molecule has 1 aliphatic heterocycles. The Morgan fingerprint density at radius 2 is 1.62 bits per heavy atom. The van der Waals surface area contributed by atoms with Crippen LogP contribution in [0.5, 0.6) is 0 Å². The number of nitrogens with zero attached hydrogens (tertiary/aromatic N) is 1. The van der Waals surface area contributed by atoms with Gasteiger partial charge in [-0.05, 0) is 97.9 Å². The molecule has 4 aromatic rings. The Kier molecular flexibility index (Phi) is 5.76. The molecule has 1 atom stereocenters. The van der Waals surface area contributed by atoms with Crippen LogP contribution in [0.3, 0.4) is 0 Å². The van der Waals surface area contributed by atoms with Crippen molar-refractivity contribution in [3.8, 4) is 0 Å². The molecule has 0 radical (unpaired) electrons. The number of hydrogen-bond acceptors (Lipinski definition) is 3. The molecule has 5 rings (SSSR count). The van der Waals surface area contributed by atoms with Crippen molar-refractivity contribution in [1.29, 1.82) is 0 Å². The van der Waals surface area contributed by atoms with E-state index in [4.69, 9.17) is 0 Å². The first-order valence-corrected chi connectivity index (χ1v) is 12.1. The minimum atomic E-state index is -0.551. The second-order valence-corrected chi connectivity index (χ2v) is 9.85. The highest BCUT2D eigenvalue weighted by atomic mass is 127. The molecule has 0 spiro atoms. The van der Waals surface area contributed by atoms with E-state index in [0.29, 0.717) is 11.1 Å². The standard InChI is InChI=1S/C25H17I2N3O2/c26-18-11-12-22-20(14-18)25(32)30(29-24(31)19-7-3-4-8-21(19)27)23(28-22)17-10-9-15-5-1-2-6-16(15)13-17/h1-14,23,28H,(H,29,31)/t23-/m0/s1. The second-order valence-electron chi connectivity index (χ2n) is 7.44. The van der Waals surface area contributed by atoms with Crippen LogP contribution in [-0.4, -0.2) is 16.8 Å². The SMILES string of the molecule is O=C(NN1C(=O)c2cc(I)ccc2N[C@@H]1c1ccc2ccccc2c1)c1ccccc1I. The van der Waals surface area contributed by atoms with E-state index in [1.165, 1.54) is 5.01 Å². The molecule has 0 bridgehead atoms. The largest absolute Gasteiger partial charge is 0.359 e. The number of fused-ring (bicyclic) bond motifs is 2. The molecule has 7 heteroatoms. The normalized spacial score (nSPS) is 15.2. The monoisotopic (exact) mass is 645 g/mol. The summed E-state index contributed by atoms with van der Waals surface area (Å²) >= 11 is 4.31. The molecule has 32 heavy (non-hydrogen) atoms. The van der Waals surface area contributed by atoms with Gasteiger partial charge < -0.3 is 5.32 Å². The predicted molar refractivity (Wildman–Crippen MR) is 142 cm³/mol. The molecule has 0 fully saturated rings. The highest BCUT2D eigenvalue weighted by Crippen LogP contribution is 2.34. The maximum absolute atomic E-state index is 13.5. The third kappa shape index (κ3) is 3.95. The molecule has 0 saturated heterocycles. The molecule has 5 nitrogen and oxygen atoms in total. The smallest absolute Gasteiger partial charge is 0.276 e. The Hall–Kier alpha value is -2.66. The lowest BCUT2D eigenvalue weighted by molar-refractivity contribution is 0.0490. The van der Waals surface area contributed by atoms with Crippen molar-refractivity contribution in [2.24, 2.45) is 0 Å². The van der Waals surface area contributed by atoms with Gasteiger partial charge in [0.25, 0.3) is 11.8 Å². The van der Waals surface area contributed by atoms with Gasteiger partial charge in [0.15, 0.2) is 0 Å². The van der Waals surface area contributed by atoms with Gasteiger partial charge in [0.05, 0.1) is 11.1 Å². The van der Waals surface area contributed by atoms with Crippen LogP contribution in [0, 0.1) is 7.14 Å².